The summed E-state index contributed by atoms with van der Waals surface area (Å²) in [6.45, 7) is 1.36. The second kappa shape index (κ2) is 4.72. The molecule has 15 heavy (non-hydrogen) atoms. The molecule has 0 spiro atoms. The molecule has 0 aliphatic heterocycles. The molecule has 0 aliphatic rings. The first-order chi connectivity index (χ1) is 6.93. The smallest absolute Gasteiger partial charge is 0.275 e. The standard InChI is InChI=1S/C9H7BrClNO3/c1-5(13)9(10)7-3-2-6(11)4-8(7)12(14)15/h2-4,9H,1H3. The average molecular weight is 293 g/mol. The van der Waals surface area contributed by atoms with Crippen LogP contribution in [0.4, 0.5) is 5.69 Å². The molecule has 4 nitrogen and oxygen atoms in total. The summed E-state index contributed by atoms with van der Waals surface area (Å²) in [5.74, 6) is -0.194. The van der Waals surface area contributed by atoms with Crippen molar-refractivity contribution in [2.24, 2.45) is 0 Å². The van der Waals surface area contributed by atoms with Crippen molar-refractivity contribution in [1.29, 1.82) is 0 Å². The minimum Gasteiger partial charge on any atom is -0.298 e. The number of hydrogen-bond acceptors (Lipinski definition) is 3. The van der Waals surface area contributed by atoms with Crippen LogP contribution >= 0.6 is 27.5 Å². The van der Waals surface area contributed by atoms with Gasteiger partial charge < -0.3 is 0 Å². The molecule has 0 heterocycles. The fourth-order valence-corrected chi connectivity index (χ4v) is 1.66. The van der Waals surface area contributed by atoms with Crippen molar-refractivity contribution in [1.82, 2.24) is 0 Å². The lowest BCUT2D eigenvalue weighted by atomic mass is 10.1. The number of Topliss-reactive ketones (excluding diaryl/α,β-unsaturated/α-hetero) is 1. The second-order valence-corrected chi connectivity index (χ2v) is 4.29. The molecule has 0 aliphatic carbocycles. The van der Waals surface area contributed by atoms with Crippen molar-refractivity contribution in [2.45, 2.75) is 11.8 Å². The molecule has 80 valence electrons. The highest BCUT2D eigenvalue weighted by Gasteiger charge is 2.23. The van der Waals surface area contributed by atoms with Crippen molar-refractivity contribution in [3.63, 3.8) is 0 Å². The maximum absolute atomic E-state index is 11.1. The number of ketones is 1. The molecule has 0 fully saturated rings. The van der Waals surface area contributed by atoms with Crippen LogP contribution in [-0.4, -0.2) is 10.7 Å². The Labute approximate surface area is 99.5 Å². The molecule has 0 bridgehead atoms. The predicted molar refractivity (Wildman–Crippen MR) is 60.5 cm³/mol. The molecule has 0 radical (unpaired) electrons. The molecule has 6 heteroatoms. The molecule has 0 saturated carbocycles. The topological polar surface area (TPSA) is 60.2 Å². The summed E-state index contributed by atoms with van der Waals surface area (Å²) in [7, 11) is 0. The summed E-state index contributed by atoms with van der Waals surface area (Å²) < 4.78 is 0. The summed E-state index contributed by atoms with van der Waals surface area (Å²) in [6, 6.07) is 4.22. The predicted octanol–water partition coefficient (Wildman–Crippen LogP) is 3.27. The van der Waals surface area contributed by atoms with Gasteiger partial charge in [-0.3, -0.25) is 14.9 Å². The van der Waals surface area contributed by atoms with Crippen molar-refractivity contribution in [3.05, 3.63) is 38.9 Å². The molecule has 1 rings (SSSR count). The molecule has 1 atom stereocenters. The van der Waals surface area contributed by atoms with Gasteiger partial charge in [-0.2, -0.15) is 0 Å². The first-order valence-electron chi connectivity index (χ1n) is 4.02. The fraction of sp³-hybridized carbons (Fsp3) is 0.222. The SMILES string of the molecule is CC(=O)C(Br)c1ccc(Cl)cc1[N+](=O)[O-]. The number of hydrogen-bond donors (Lipinski definition) is 0. The fourth-order valence-electron chi connectivity index (χ4n) is 1.11. The molecule has 1 aromatic carbocycles. The minimum atomic E-state index is -0.671. The Morgan fingerprint density at radius 1 is 1.60 bits per heavy atom. The van der Waals surface area contributed by atoms with Gasteiger partial charge in [0.2, 0.25) is 0 Å². The van der Waals surface area contributed by atoms with E-state index in [0.717, 1.165) is 0 Å². The highest BCUT2D eigenvalue weighted by Crippen LogP contribution is 2.33. The number of benzene rings is 1. The molecule has 0 aromatic heterocycles. The van der Waals surface area contributed by atoms with Crippen LogP contribution in [0.5, 0.6) is 0 Å². The second-order valence-electron chi connectivity index (χ2n) is 2.93. The van der Waals surface area contributed by atoms with Gasteiger partial charge in [-0.05, 0) is 19.1 Å². The van der Waals surface area contributed by atoms with Gasteiger partial charge in [0.25, 0.3) is 5.69 Å². The third kappa shape index (κ3) is 2.76. The lowest BCUT2D eigenvalue weighted by Gasteiger charge is -2.06. The molecule has 0 amide bonds. The van der Waals surface area contributed by atoms with Gasteiger partial charge in [0.15, 0.2) is 0 Å². The molecule has 1 unspecified atom stereocenters. The Morgan fingerprint density at radius 2 is 2.20 bits per heavy atom. The molecule has 0 saturated heterocycles. The lowest BCUT2D eigenvalue weighted by molar-refractivity contribution is -0.385. The number of carbonyl (C=O) groups excluding carboxylic acids is 1. The van der Waals surface area contributed by atoms with E-state index in [2.05, 4.69) is 15.9 Å². The minimum absolute atomic E-state index is 0.153. The van der Waals surface area contributed by atoms with Crippen LogP contribution in [0.15, 0.2) is 18.2 Å². The Morgan fingerprint density at radius 3 is 2.67 bits per heavy atom. The van der Waals surface area contributed by atoms with Gasteiger partial charge in [-0.15, -0.1) is 0 Å². The van der Waals surface area contributed by atoms with Gasteiger partial charge in [0, 0.05) is 11.1 Å². The first kappa shape index (κ1) is 12.1. The van der Waals surface area contributed by atoms with Crippen molar-refractivity contribution < 1.29 is 9.72 Å². The monoisotopic (exact) mass is 291 g/mol. The average Bonchev–Trinajstić information content (AvgIpc) is 2.16. The Kier molecular flexibility index (Phi) is 3.82. The van der Waals surface area contributed by atoms with Crippen molar-refractivity contribution >= 4 is 39.0 Å². The van der Waals surface area contributed by atoms with Crippen LogP contribution in [0, 0.1) is 10.1 Å². The number of carbonyl (C=O) groups is 1. The van der Waals surface area contributed by atoms with E-state index in [9.17, 15) is 14.9 Å². The zero-order chi connectivity index (χ0) is 11.6. The van der Waals surface area contributed by atoms with Crippen LogP contribution < -0.4 is 0 Å². The number of nitro groups is 1. The lowest BCUT2D eigenvalue weighted by Crippen LogP contribution is -2.04. The summed E-state index contributed by atoms with van der Waals surface area (Å²) in [4.78, 5) is 20.6. The number of nitrogens with zero attached hydrogens (tertiary/aromatic N) is 1. The van der Waals surface area contributed by atoms with E-state index in [1.165, 1.54) is 25.1 Å². The van der Waals surface area contributed by atoms with E-state index in [-0.39, 0.29) is 16.5 Å². The van der Waals surface area contributed by atoms with E-state index >= 15 is 0 Å². The first-order valence-corrected chi connectivity index (χ1v) is 5.31. The van der Waals surface area contributed by atoms with E-state index < -0.39 is 9.75 Å². The van der Waals surface area contributed by atoms with Gasteiger partial charge in [-0.25, -0.2) is 0 Å². The van der Waals surface area contributed by atoms with Crippen LogP contribution in [0.3, 0.4) is 0 Å². The Balaban J connectivity index is 3.28. The Bertz CT molecular complexity index is 422. The van der Waals surface area contributed by atoms with Crippen LogP contribution in [0.25, 0.3) is 0 Å². The maximum atomic E-state index is 11.1. The molecular formula is C9H7BrClNO3. The summed E-state index contributed by atoms with van der Waals surface area (Å²) in [5, 5.41) is 11.0. The van der Waals surface area contributed by atoms with E-state index in [1.807, 2.05) is 0 Å². The quantitative estimate of drug-likeness (QED) is 0.488. The van der Waals surface area contributed by atoms with Gasteiger partial charge in [0.05, 0.1) is 10.5 Å². The van der Waals surface area contributed by atoms with Crippen molar-refractivity contribution in [3.8, 4) is 0 Å². The van der Waals surface area contributed by atoms with Crippen LogP contribution in [-0.2, 0) is 4.79 Å². The zero-order valence-corrected chi connectivity index (χ0v) is 10.1. The van der Waals surface area contributed by atoms with E-state index in [4.69, 9.17) is 11.6 Å². The number of rotatable bonds is 3. The largest absolute Gasteiger partial charge is 0.298 e. The number of alkyl halides is 1. The zero-order valence-electron chi connectivity index (χ0n) is 7.74. The molecule has 1 aromatic rings. The highest BCUT2D eigenvalue weighted by atomic mass is 79.9. The molecule has 0 N–H and O–H groups in total. The molecular weight excluding hydrogens is 285 g/mol. The summed E-state index contributed by atoms with van der Waals surface area (Å²) in [6.07, 6.45) is 0. The number of nitro benzene ring substituents is 1. The van der Waals surface area contributed by atoms with Crippen LogP contribution in [0.2, 0.25) is 5.02 Å². The van der Waals surface area contributed by atoms with Gasteiger partial charge in [0.1, 0.15) is 10.6 Å². The highest BCUT2D eigenvalue weighted by molar-refractivity contribution is 9.09. The maximum Gasteiger partial charge on any atom is 0.275 e. The van der Waals surface area contributed by atoms with E-state index in [0.29, 0.717) is 5.56 Å². The number of halogens is 2. The van der Waals surface area contributed by atoms with E-state index in [1.54, 1.807) is 0 Å². The van der Waals surface area contributed by atoms with Crippen LogP contribution in [0.1, 0.15) is 17.3 Å². The van der Waals surface area contributed by atoms with Gasteiger partial charge >= 0.3 is 0 Å². The summed E-state index contributed by atoms with van der Waals surface area (Å²) in [5.41, 5.74) is 0.163. The summed E-state index contributed by atoms with van der Waals surface area (Å²) >= 11 is 8.74. The van der Waals surface area contributed by atoms with Crippen molar-refractivity contribution in [2.75, 3.05) is 0 Å². The normalized spacial score (nSPS) is 12.2. The third-order valence-electron chi connectivity index (χ3n) is 1.82. The third-order valence-corrected chi connectivity index (χ3v) is 3.19. The Hall–Kier alpha value is -0.940. The van der Waals surface area contributed by atoms with Gasteiger partial charge in [-0.1, -0.05) is 27.5 Å².